The van der Waals surface area contributed by atoms with E-state index >= 15 is 0 Å². The van der Waals surface area contributed by atoms with E-state index < -0.39 is 0 Å². The molecule has 4 heteroatoms. The normalized spacial score (nSPS) is 24.1. The Hall–Kier alpha value is -2.59. The number of ether oxygens (including phenoxy) is 1. The van der Waals surface area contributed by atoms with E-state index in [-0.39, 0.29) is 24.8 Å². The lowest BCUT2D eigenvalue weighted by molar-refractivity contribution is 0.0835. The molecule has 4 nitrogen and oxygen atoms in total. The van der Waals surface area contributed by atoms with Gasteiger partial charge in [-0.05, 0) is 57.5 Å². The summed E-state index contributed by atoms with van der Waals surface area (Å²) in [6, 6.07) is 17.1. The molecule has 1 saturated heterocycles. The number of nitrogens with zero attached hydrogens (tertiary/aromatic N) is 1. The van der Waals surface area contributed by atoms with E-state index in [1.54, 1.807) is 4.90 Å². The van der Waals surface area contributed by atoms with Crippen LogP contribution < -0.4 is 0 Å². The van der Waals surface area contributed by atoms with E-state index in [2.05, 4.69) is 48.5 Å². The highest BCUT2D eigenvalue weighted by molar-refractivity contribution is 6.08. The van der Waals surface area contributed by atoms with Gasteiger partial charge < -0.3 is 9.84 Å². The molecule has 3 aromatic carbocycles. The summed E-state index contributed by atoms with van der Waals surface area (Å²) in [6.07, 6.45) is 1.42. The average molecular weight is 347 g/mol. The molecule has 0 spiro atoms. The van der Waals surface area contributed by atoms with Crippen LogP contribution in [0.5, 0.6) is 0 Å². The minimum Gasteiger partial charge on any atom is -0.453 e. The second-order valence-electron chi connectivity index (χ2n) is 7.42. The molecule has 0 bridgehead atoms. The van der Waals surface area contributed by atoms with E-state index in [9.17, 15) is 9.90 Å². The van der Waals surface area contributed by atoms with Gasteiger partial charge in [-0.25, -0.2) is 4.79 Å². The first-order valence-electron chi connectivity index (χ1n) is 9.12. The number of hydrogen-bond acceptors (Lipinski definition) is 3. The molecule has 5 rings (SSSR count). The van der Waals surface area contributed by atoms with Gasteiger partial charge in [-0.1, -0.05) is 42.5 Å². The topological polar surface area (TPSA) is 49.8 Å². The van der Waals surface area contributed by atoms with Crippen LogP contribution in [-0.4, -0.2) is 35.9 Å². The Kier molecular flexibility index (Phi) is 3.44. The summed E-state index contributed by atoms with van der Waals surface area (Å²) in [6.45, 7) is -0.0182. The van der Waals surface area contributed by atoms with E-state index in [4.69, 9.17) is 4.74 Å². The van der Waals surface area contributed by atoms with Gasteiger partial charge in [-0.15, -0.1) is 0 Å². The van der Waals surface area contributed by atoms with Gasteiger partial charge in [0.2, 0.25) is 0 Å². The fraction of sp³-hybridized carbons (Fsp3) is 0.318. The average Bonchev–Trinajstić information content (AvgIpc) is 3.20. The molecule has 1 fully saturated rings. The van der Waals surface area contributed by atoms with Crippen molar-refractivity contribution in [2.75, 3.05) is 13.7 Å². The second kappa shape index (κ2) is 5.71. The number of benzene rings is 3. The van der Waals surface area contributed by atoms with Crippen molar-refractivity contribution in [3.8, 4) is 0 Å². The number of carbonyl (C=O) groups excluding carboxylic acids is 1. The van der Waals surface area contributed by atoms with E-state index in [1.807, 2.05) is 0 Å². The first kappa shape index (κ1) is 15.6. The third-order valence-electron chi connectivity index (χ3n) is 6.12. The Morgan fingerprint density at radius 3 is 2.77 bits per heavy atom. The van der Waals surface area contributed by atoms with Gasteiger partial charge in [0.15, 0.2) is 0 Å². The predicted molar refractivity (Wildman–Crippen MR) is 101 cm³/mol. The van der Waals surface area contributed by atoms with E-state index in [0.29, 0.717) is 5.92 Å². The quantitative estimate of drug-likeness (QED) is 0.676. The minimum absolute atomic E-state index is 0.00507. The standard InChI is InChI=1S/C22H21NO3/c1-26-22(25)23-17(12-24)9-16-8-15-11-19-14(10-20(15)21(16)23)7-6-13-4-2-3-5-18(13)19/h2-7,10-11,16-17,21,24H,8-9,12H2,1H3/t16-,17+,21+/m1/s1. The number of aliphatic hydroxyl groups excluding tert-OH is 1. The third-order valence-corrected chi connectivity index (χ3v) is 6.12. The smallest absolute Gasteiger partial charge is 0.410 e. The van der Waals surface area contributed by atoms with Crippen LogP contribution in [0.15, 0.2) is 48.5 Å². The van der Waals surface area contributed by atoms with E-state index in [0.717, 1.165) is 12.8 Å². The molecule has 132 valence electrons. The van der Waals surface area contributed by atoms with Crippen molar-refractivity contribution in [3.63, 3.8) is 0 Å². The molecule has 1 aliphatic heterocycles. The van der Waals surface area contributed by atoms with Crippen molar-refractivity contribution in [2.45, 2.75) is 24.9 Å². The molecule has 0 unspecified atom stereocenters. The lowest BCUT2D eigenvalue weighted by Gasteiger charge is -2.28. The Balaban J connectivity index is 1.68. The number of likely N-dealkylation sites (tertiary alicyclic amines) is 1. The molecule has 2 aliphatic rings. The van der Waals surface area contributed by atoms with Crippen LogP contribution in [0, 0.1) is 5.92 Å². The number of amides is 1. The van der Waals surface area contributed by atoms with Crippen LogP contribution in [0.1, 0.15) is 23.6 Å². The van der Waals surface area contributed by atoms with Gasteiger partial charge in [0, 0.05) is 0 Å². The molecule has 1 heterocycles. The molecule has 0 saturated carbocycles. The highest BCUT2D eigenvalue weighted by atomic mass is 16.5. The molecular formula is C22H21NO3. The minimum atomic E-state index is -0.344. The highest BCUT2D eigenvalue weighted by Gasteiger charge is 2.48. The van der Waals surface area contributed by atoms with Crippen LogP contribution in [0.3, 0.4) is 0 Å². The first-order valence-corrected chi connectivity index (χ1v) is 9.12. The Labute approximate surface area is 152 Å². The Morgan fingerprint density at radius 1 is 1.15 bits per heavy atom. The summed E-state index contributed by atoms with van der Waals surface area (Å²) < 4.78 is 5.01. The summed E-state index contributed by atoms with van der Waals surface area (Å²) >= 11 is 0. The zero-order valence-electron chi connectivity index (χ0n) is 14.7. The second-order valence-corrected chi connectivity index (χ2v) is 7.42. The number of fused-ring (bicyclic) bond motifs is 6. The molecule has 0 radical (unpaired) electrons. The van der Waals surface area contributed by atoms with Crippen LogP contribution in [-0.2, 0) is 11.2 Å². The van der Waals surface area contributed by atoms with Gasteiger partial charge in [0.05, 0.1) is 25.8 Å². The van der Waals surface area contributed by atoms with Crippen molar-refractivity contribution in [3.05, 3.63) is 59.7 Å². The van der Waals surface area contributed by atoms with Crippen molar-refractivity contribution < 1.29 is 14.6 Å². The monoisotopic (exact) mass is 347 g/mol. The maximum Gasteiger partial charge on any atom is 0.410 e. The predicted octanol–water partition coefficient (Wildman–Crippen LogP) is 4.04. The molecule has 3 atom stereocenters. The molecule has 26 heavy (non-hydrogen) atoms. The van der Waals surface area contributed by atoms with Crippen molar-refractivity contribution in [1.29, 1.82) is 0 Å². The zero-order chi connectivity index (χ0) is 17.8. The van der Waals surface area contributed by atoms with Crippen LogP contribution in [0.25, 0.3) is 21.5 Å². The molecular weight excluding hydrogens is 326 g/mol. The van der Waals surface area contributed by atoms with E-state index in [1.165, 1.54) is 39.8 Å². The fourth-order valence-electron chi connectivity index (χ4n) is 5.03. The lowest BCUT2D eigenvalue weighted by Crippen LogP contribution is -2.39. The summed E-state index contributed by atoms with van der Waals surface area (Å²) in [5.41, 5.74) is 2.52. The molecule has 1 N–H and O–H groups in total. The number of hydrogen-bond donors (Lipinski definition) is 1. The van der Waals surface area contributed by atoms with Crippen molar-refractivity contribution in [2.24, 2.45) is 5.92 Å². The van der Waals surface area contributed by atoms with Crippen molar-refractivity contribution in [1.82, 2.24) is 4.90 Å². The number of rotatable bonds is 1. The molecule has 1 amide bonds. The molecule has 1 aliphatic carbocycles. The summed E-state index contributed by atoms with van der Waals surface area (Å²) in [4.78, 5) is 14.1. The maximum atomic E-state index is 12.4. The summed E-state index contributed by atoms with van der Waals surface area (Å²) in [5.74, 6) is 0.351. The van der Waals surface area contributed by atoms with Gasteiger partial charge in [-0.3, -0.25) is 4.90 Å². The lowest BCUT2D eigenvalue weighted by atomic mass is 9.96. The third kappa shape index (κ3) is 2.08. The van der Waals surface area contributed by atoms with Gasteiger partial charge in [0.25, 0.3) is 0 Å². The zero-order valence-corrected chi connectivity index (χ0v) is 14.7. The maximum absolute atomic E-state index is 12.4. The first-order chi connectivity index (χ1) is 12.7. The van der Waals surface area contributed by atoms with Crippen LogP contribution in [0.4, 0.5) is 4.79 Å². The number of aliphatic hydroxyl groups is 1. The Morgan fingerprint density at radius 2 is 1.96 bits per heavy atom. The Bertz CT molecular complexity index is 1030. The highest BCUT2D eigenvalue weighted by Crippen LogP contribution is 2.50. The van der Waals surface area contributed by atoms with Crippen molar-refractivity contribution >= 4 is 27.6 Å². The van der Waals surface area contributed by atoms with Gasteiger partial charge in [0.1, 0.15) is 0 Å². The molecule has 3 aromatic rings. The fourth-order valence-corrected chi connectivity index (χ4v) is 5.03. The molecule has 0 aromatic heterocycles. The SMILES string of the molecule is COC(=O)N1[C@H](CO)C[C@H]2Cc3cc4c(ccc5ccccc54)cc3[C@H]21. The summed E-state index contributed by atoms with van der Waals surface area (Å²) in [5, 5.41) is 14.7. The van der Waals surface area contributed by atoms with Gasteiger partial charge >= 0.3 is 6.09 Å². The summed E-state index contributed by atoms with van der Waals surface area (Å²) in [7, 11) is 1.41. The largest absolute Gasteiger partial charge is 0.453 e. The van der Waals surface area contributed by atoms with Crippen LogP contribution >= 0.6 is 0 Å². The van der Waals surface area contributed by atoms with Gasteiger partial charge in [-0.2, -0.15) is 0 Å². The number of carbonyl (C=O) groups is 1. The van der Waals surface area contributed by atoms with Crippen LogP contribution in [0.2, 0.25) is 0 Å². The number of methoxy groups -OCH3 is 1.